The van der Waals surface area contributed by atoms with Crippen LogP contribution in [-0.2, 0) is 0 Å². The Morgan fingerprint density at radius 1 is 1.33 bits per heavy atom. The van der Waals surface area contributed by atoms with E-state index in [1.165, 1.54) is 44.9 Å². The molecule has 2 heterocycles. The number of anilines is 1. The molecule has 0 radical (unpaired) electrons. The lowest BCUT2D eigenvalue weighted by atomic mass is 9.84. The van der Waals surface area contributed by atoms with E-state index in [-0.39, 0.29) is 11.7 Å². The zero-order valence-corrected chi connectivity index (χ0v) is 18.7. The average molecular weight is 452 g/mol. The molecule has 2 saturated heterocycles. The summed E-state index contributed by atoms with van der Waals surface area (Å²) in [5, 5.41) is 26.7. The van der Waals surface area contributed by atoms with Crippen LogP contribution >= 0.6 is 24.0 Å². The van der Waals surface area contributed by atoms with Crippen molar-refractivity contribution < 1.29 is 9.66 Å². The van der Waals surface area contributed by atoms with Crippen molar-refractivity contribution in [3.8, 4) is 5.75 Å². The number of rotatable bonds is 5. The van der Waals surface area contributed by atoms with Gasteiger partial charge >= 0.3 is 0 Å². The van der Waals surface area contributed by atoms with Gasteiger partial charge in [0.2, 0.25) is 0 Å². The van der Waals surface area contributed by atoms with E-state index in [1.54, 1.807) is 6.07 Å². The SMILES string of the molecule is COc1ccc([N+](=O)[O-])cc1NC(=S)NC1CCCCC1C1NC2CCNCC2S1. The smallest absolute Gasteiger partial charge is 0.271 e. The zero-order valence-electron chi connectivity index (χ0n) is 17.1. The van der Waals surface area contributed by atoms with Crippen molar-refractivity contribution >= 4 is 40.5 Å². The minimum Gasteiger partial charge on any atom is -0.495 e. The van der Waals surface area contributed by atoms with Crippen molar-refractivity contribution in [3.63, 3.8) is 0 Å². The Morgan fingerprint density at radius 3 is 2.93 bits per heavy atom. The molecule has 8 nitrogen and oxygen atoms in total. The molecule has 0 aromatic heterocycles. The Hall–Kier alpha value is -1.62. The lowest BCUT2D eigenvalue weighted by molar-refractivity contribution is -0.384. The predicted molar refractivity (Wildman–Crippen MR) is 124 cm³/mol. The Bertz CT molecular complexity index is 782. The van der Waals surface area contributed by atoms with Crippen LogP contribution in [0, 0.1) is 16.0 Å². The summed E-state index contributed by atoms with van der Waals surface area (Å²) >= 11 is 7.65. The summed E-state index contributed by atoms with van der Waals surface area (Å²) in [6, 6.07) is 5.35. The molecule has 4 rings (SSSR count). The van der Waals surface area contributed by atoms with Gasteiger partial charge in [-0.3, -0.25) is 10.1 Å². The summed E-state index contributed by atoms with van der Waals surface area (Å²) in [7, 11) is 1.54. The van der Waals surface area contributed by atoms with Crippen molar-refractivity contribution in [2.24, 2.45) is 5.92 Å². The third kappa shape index (κ3) is 4.82. The van der Waals surface area contributed by atoms with Crippen molar-refractivity contribution in [1.29, 1.82) is 0 Å². The van der Waals surface area contributed by atoms with Gasteiger partial charge in [-0.15, -0.1) is 11.8 Å². The fraction of sp³-hybridized carbons (Fsp3) is 0.650. The number of methoxy groups -OCH3 is 1. The number of piperidine rings is 1. The highest BCUT2D eigenvalue weighted by Gasteiger charge is 2.42. The van der Waals surface area contributed by atoms with Gasteiger partial charge in [-0.05, 0) is 44.1 Å². The van der Waals surface area contributed by atoms with Crippen molar-refractivity contribution in [3.05, 3.63) is 28.3 Å². The molecule has 0 bridgehead atoms. The van der Waals surface area contributed by atoms with Crippen LogP contribution in [0.4, 0.5) is 11.4 Å². The van der Waals surface area contributed by atoms with Crippen LogP contribution in [0.3, 0.4) is 0 Å². The highest BCUT2D eigenvalue weighted by molar-refractivity contribution is 8.00. The monoisotopic (exact) mass is 451 g/mol. The van der Waals surface area contributed by atoms with Crippen LogP contribution in [-0.4, -0.2) is 52.9 Å². The number of non-ortho nitro benzene ring substituents is 1. The number of nitrogens with one attached hydrogen (secondary N) is 4. The molecular weight excluding hydrogens is 422 g/mol. The lowest BCUT2D eigenvalue weighted by Crippen LogP contribution is -2.51. The number of benzene rings is 1. The molecule has 1 aromatic carbocycles. The number of nitro groups is 1. The van der Waals surface area contributed by atoms with Crippen LogP contribution in [0.1, 0.15) is 32.1 Å². The number of hydrogen-bond donors (Lipinski definition) is 4. The Kier molecular flexibility index (Phi) is 6.97. The first-order chi connectivity index (χ1) is 14.5. The van der Waals surface area contributed by atoms with Crippen LogP contribution in [0.25, 0.3) is 0 Å². The van der Waals surface area contributed by atoms with E-state index in [4.69, 9.17) is 17.0 Å². The standard InChI is InChI=1S/C20H29N5O3S2/c1-28-17-7-6-12(25(26)27)10-16(17)24-20(29)23-14-5-3-2-4-13(14)19-22-15-8-9-21-11-18(15)30-19/h6-7,10,13-15,18-19,21-22H,2-5,8-9,11H2,1H3,(H2,23,24,29). The van der Waals surface area contributed by atoms with Gasteiger partial charge in [0.15, 0.2) is 5.11 Å². The van der Waals surface area contributed by atoms with E-state index < -0.39 is 4.92 Å². The fourth-order valence-corrected chi connectivity index (χ4v) is 6.80. The Morgan fingerprint density at radius 2 is 2.17 bits per heavy atom. The van der Waals surface area contributed by atoms with Crippen LogP contribution in [0.5, 0.6) is 5.75 Å². The van der Waals surface area contributed by atoms with E-state index in [0.717, 1.165) is 19.5 Å². The number of thiocarbonyl (C=S) groups is 1. The number of nitrogens with zero attached hydrogens (tertiary/aromatic N) is 1. The summed E-state index contributed by atoms with van der Waals surface area (Å²) in [4.78, 5) is 10.7. The van der Waals surface area contributed by atoms with Gasteiger partial charge < -0.3 is 26.0 Å². The molecular formula is C20H29N5O3S2. The first-order valence-electron chi connectivity index (χ1n) is 10.6. The molecule has 5 unspecified atom stereocenters. The predicted octanol–water partition coefficient (Wildman–Crippen LogP) is 2.84. The third-order valence-electron chi connectivity index (χ3n) is 6.29. The fourth-order valence-electron chi connectivity index (χ4n) is 4.76. The minimum absolute atomic E-state index is 0.000543. The molecule has 3 aliphatic rings. The van der Waals surface area contributed by atoms with E-state index in [0.29, 0.717) is 39.1 Å². The van der Waals surface area contributed by atoms with Gasteiger partial charge in [0.25, 0.3) is 5.69 Å². The molecule has 1 aromatic rings. The van der Waals surface area contributed by atoms with Gasteiger partial charge in [0, 0.05) is 41.9 Å². The maximum Gasteiger partial charge on any atom is 0.271 e. The second-order valence-electron chi connectivity index (χ2n) is 8.16. The first-order valence-corrected chi connectivity index (χ1v) is 11.9. The van der Waals surface area contributed by atoms with Gasteiger partial charge in [-0.25, -0.2) is 0 Å². The highest BCUT2D eigenvalue weighted by atomic mass is 32.2. The van der Waals surface area contributed by atoms with Gasteiger partial charge in [0.1, 0.15) is 5.75 Å². The number of fused-ring (bicyclic) bond motifs is 1. The molecule has 164 valence electrons. The second kappa shape index (κ2) is 9.67. The zero-order chi connectivity index (χ0) is 21.1. The lowest BCUT2D eigenvalue weighted by Gasteiger charge is -2.36. The van der Waals surface area contributed by atoms with Crippen LogP contribution in [0.15, 0.2) is 18.2 Å². The summed E-state index contributed by atoms with van der Waals surface area (Å²) in [5.41, 5.74) is 0.501. The van der Waals surface area contributed by atoms with Gasteiger partial charge in [-0.2, -0.15) is 0 Å². The molecule has 2 aliphatic heterocycles. The molecule has 1 aliphatic carbocycles. The quantitative estimate of drug-likeness (QED) is 0.306. The normalized spacial score (nSPS) is 30.9. The van der Waals surface area contributed by atoms with E-state index in [1.807, 2.05) is 0 Å². The first kappa shape index (κ1) is 21.6. The Balaban J connectivity index is 1.41. The highest BCUT2D eigenvalue weighted by Crippen LogP contribution is 2.40. The summed E-state index contributed by atoms with van der Waals surface area (Å²) in [6.45, 7) is 2.17. The average Bonchev–Trinajstić information content (AvgIpc) is 3.18. The molecule has 1 saturated carbocycles. The molecule has 0 spiro atoms. The molecule has 10 heteroatoms. The van der Waals surface area contributed by atoms with Gasteiger partial charge in [0.05, 0.1) is 23.1 Å². The van der Waals surface area contributed by atoms with Crippen molar-refractivity contribution in [2.75, 3.05) is 25.5 Å². The molecule has 0 amide bonds. The van der Waals surface area contributed by atoms with Gasteiger partial charge in [-0.1, -0.05) is 12.8 Å². The number of ether oxygens (including phenoxy) is 1. The molecule has 3 fully saturated rings. The summed E-state index contributed by atoms with van der Waals surface area (Å²) < 4.78 is 5.34. The summed E-state index contributed by atoms with van der Waals surface area (Å²) in [5.74, 6) is 1.02. The molecule has 30 heavy (non-hydrogen) atoms. The van der Waals surface area contributed by atoms with E-state index >= 15 is 0 Å². The minimum atomic E-state index is -0.421. The van der Waals surface area contributed by atoms with E-state index in [9.17, 15) is 10.1 Å². The second-order valence-corrected chi connectivity index (χ2v) is 9.95. The van der Waals surface area contributed by atoms with Crippen molar-refractivity contribution in [2.45, 2.75) is 54.8 Å². The largest absolute Gasteiger partial charge is 0.495 e. The molecule has 4 N–H and O–H groups in total. The van der Waals surface area contributed by atoms with E-state index in [2.05, 4.69) is 33.0 Å². The van der Waals surface area contributed by atoms with Crippen LogP contribution in [0.2, 0.25) is 0 Å². The Labute approximate surface area is 186 Å². The number of hydrogen-bond acceptors (Lipinski definition) is 7. The molecule has 5 atom stereocenters. The topological polar surface area (TPSA) is 100 Å². The maximum absolute atomic E-state index is 11.1. The third-order valence-corrected chi connectivity index (χ3v) is 8.14. The maximum atomic E-state index is 11.1. The number of nitro benzene ring substituents is 1. The van der Waals surface area contributed by atoms with Crippen molar-refractivity contribution in [1.82, 2.24) is 16.0 Å². The number of thioether (sulfide) groups is 1. The van der Waals surface area contributed by atoms with Crippen LogP contribution < -0.4 is 26.0 Å². The summed E-state index contributed by atoms with van der Waals surface area (Å²) in [6.07, 6.45) is 5.87.